The van der Waals surface area contributed by atoms with Gasteiger partial charge in [0.1, 0.15) is 0 Å². The minimum Gasteiger partial charge on any atom is -0.481 e. The molecule has 0 aromatic heterocycles. The molecular formula is C18H18Cl2N2O4S. The third-order valence-corrected chi connectivity index (χ3v) is 7.03. The number of aliphatic carboxylic acids is 1. The Kier molecular flexibility index (Phi) is 5.95. The van der Waals surface area contributed by atoms with Crippen molar-refractivity contribution in [1.29, 1.82) is 0 Å². The van der Waals surface area contributed by atoms with Crippen LogP contribution in [0.15, 0.2) is 47.4 Å². The van der Waals surface area contributed by atoms with Crippen molar-refractivity contribution in [3.63, 3.8) is 0 Å². The zero-order valence-corrected chi connectivity index (χ0v) is 16.6. The Hall–Kier alpha value is -1.80. The van der Waals surface area contributed by atoms with E-state index >= 15 is 0 Å². The van der Waals surface area contributed by atoms with Crippen LogP contribution in [0.1, 0.15) is 5.56 Å². The van der Waals surface area contributed by atoms with E-state index in [9.17, 15) is 13.2 Å². The second kappa shape index (κ2) is 8.06. The zero-order chi connectivity index (χ0) is 19.6. The van der Waals surface area contributed by atoms with E-state index in [1.165, 1.54) is 16.4 Å². The molecule has 1 aliphatic rings. The van der Waals surface area contributed by atoms with Crippen LogP contribution in [0.2, 0.25) is 10.0 Å². The number of sulfonamides is 1. The van der Waals surface area contributed by atoms with E-state index < -0.39 is 16.0 Å². The molecule has 1 N–H and O–H groups in total. The Morgan fingerprint density at radius 1 is 1.00 bits per heavy atom. The minimum absolute atomic E-state index is 0.115. The molecule has 9 heteroatoms. The predicted molar refractivity (Wildman–Crippen MR) is 105 cm³/mol. The van der Waals surface area contributed by atoms with Crippen molar-refractivity contribution in [2.24, 2.45) is 0 Å². The third kappa shape index (κ3) is 4.55. The monoisotopic (exact) mass is 428 g/mol. The summed E-state index contributed by atoms with van der Waals surface area (Å²) in [4.78, 5) is 13.0. The van der Waals surface area contributed by atoms with Crippen molar-refractivity contribution in [3.8, 4) is 0 Å². The highest BCUT2D eigenvalue weighted by molar-refractivity contribution is 7.89. The molecule has 0 amide bonds. The highest BCUT2D eigenvalue weighted by atomic mass is 35.5. The Morgan fingerprint density at radius 2 is 1.70 bits per heavy atom. The van der Waals surface area contributed by atoms with Crippen molar-refractivity contribution in [1.82, 2.24) is 4.31 Å². The highest BCUT2D eigenvalue weighted by Gasteiger charge is 2.29. The number of piperazine rings is 1. The van der Waals surface area contributed by atoms with Crippen LogP contribution >= 0.6 is 23.2 Å². The van der Waals surface area contributed by atoms with Gasteiger partial charge in [0, 0.05) is 31.9 Å². The predicted octanol–water partition coefficient (Wildman–Crippen LogP) is 3.13. The molecule has 1 heterocycles. The lowest BCUT2D eigenvalue weighted by Crippen LogP contribution is -2.48. The first-order chi connectivity index (χ1) is 12.8. The summed E-state index contributed by atoms with van der Waals surface area (Å²) >= 11 is 12.0. The number of nitrogens with zero attached hydrogens (tertiary/aromatic N) is 2. The average molecular weight is 429 g/mol. The second-order valence-electron chi connectivity index (χ2n) is 6.21. The lowest BCUT2D eigenvalue weighted by molar-refractivity contribution is -0.136. The first-order valence-electron chi connectivity index (χ1n) is 8.28. The number of anilines is 1. The summed E-state index contributed by atoms with van der Waals surface area (Å²) in [6.07, 6.45) is -0.214. The zero-order valence-electron chi connectivity index (χ0n) is 14.3. The Labute approximate surface area is 168 Å². The molecule has 1 aliphatic heterocycles. The van der Waals surface area contributed by atoms with Crippen molar-refractivity contribution in [3.05, 3.63) is 58.1 Å². The van der Waals surface area contributed by atoms with Gasteiger partial charge < -0.3 is 10.0 Å². The van der Waals surface area contributed by atoms with Gasteiger partial charge in [-0.25, -0.2) is 8.42 Å². The van der Waals surface area contributed by atoms with Gasteiger partial charge >= 0.3 is 5.97 Å². The van der Waals surface area contributed by atoms with Crippen LogP contribution in [0.3, 0.4) is 0 Å². The first-order valence-corrected chi connectivity index (χ1v) is 10.5. The number of carbonyl (C=O) groups is 1. The maximum Gasteiger partial charge on any atom is 0.307 e. The van der Waals surface area contributed by atoms with Gasteiger partial charge in [-0.3, -0.25) is 4.79 Å². The van der Waals surface area contributed by atoms with Gasteiger partial charge in [0.2, 0.25) is 10.0 Å². The summed E-state index contributed by atoms with van der Waals surface area (Å²) in [5, 5.41) is 9.83. The molecule has 1 saturated heterocycles. The molecule has 0 aliphatic carbocycles. The maximum absolute atomic E-state index is 12.9. The van der Waals surface area contributed by atoms with Gasteiger partial charge in [-0.1, -0.05) is 35.3 Å². The summed E-state index contributed by atoms with van der Waals surface area (Å²) in [5.41, 5.74) is 1.35. The van der Waals surface area contributed by atoms with E-state index in [1.807, 2.05) is 6.07 Å². The van der Waals surface area contributed by atoms with Gasteiger partial charge in [-0.15, -0.1) is 0 Å². The van der Waals surface area contributed by atoms with Crippen LogP contribution in [-0.4, -0.2) is 50.0 Å². The Morgan fingerprint density at radius 3 is 2.33 bits per heavy atom. The summed E-state index contributed by atoms with van der Waals surface area (Å²) in [6.45, 7) is 1.69. The molecule has 27 heavy (non-hydrogen) atoms. The van der Waals surface area contributed by atoms with Crippen molar-refractivity contribution >= 4 is 44.9 Å². The molecular weight excluding hydrogens is 411 g/mol. The standard InChI is InChI=1S/C18H18Cl2N2O4S/c19-16-5-4-14(12-17(16)20)21-6-8-22(9-7-21)27(25,26)15-3-1-2-13(10-15)11-18(23)24/h1-5,10,12H,6-9,11H2,(H,23,24). The number of hydrogen-bond acceptors (Lipinski definition) is 4. The van der Waals surface area contributed by atoms with Crippen LogP contribution in [0.4, 0.5) is 5.69 Å². The van der Waals surface area contributed by atoms with Gasteiger partial charge in [0.25, 0.3) is 0 Å². The largest absolute Gasteiger partial charge is 0.481 e. The fourth-order valence-corrected chi connectivity index (χ4v) is 4.79. The molecule has 0 unspecified atom stereocenters. The second-order valence-corrected chi connectivity index (χ2v) is 8.96. The van der Waals surface area contributed by atoms with E-state index in [4.69, 9.17) is 28.3 Å². The van der Waals surface area contributed by atoms with Crippen LogP contribution in [0.25, 0.3) is 0 Å². The smallest absolute Gasteiger partial charge is 0.307 e. The van der Waals surface area contributed by atoms with Gasteiger partial charge in [-0.05, 0) is 35.9 Å². The van der Waals surface area contributed by atoms with Gasteiger partial charge in [0.05, 0.1) is 21.4 Å². The third-order valence-electron chi connectivity index (χ3n) is 4.40. The molecule has 0 spiro atoms. The normalized spacial score (nSPS) is 15.7. The summed E-state index contributed by atoms with van der Waals surface area (Å²) < 4.78 is 27.2. The van der Waals surface area contributed by atoms with E-state index in [-0.39, 0.29) is 11.3 Å². The molecule has 0 bridgehead atoms. The van der Waals surface area contributed by atoms with E-state index in [0.717, 1.165) is 5.69 Å². The number of benzene rings is 2. The van der Waals surface area contributed by atoms with Crippen molar-refractivity contribution in [2.75, 3.05) is 31.1 Å². The lowest BCUT2D eigenvalue weighted by Gasteiger charge is -2.35. The molecule has 0 saturated carbocycles. The first kappa shape index (κ1) is 19.9. The van der Waals surface area contributed by atoms with E-state index in [0.29, 0.717) is 41.8 Å². The highest BCUT2D eigenvalue weighted by Crippen LogP contribution is 2.28. The van der Waals surface area contributed by atoms with Crippen LogP contribution in [0, 0.1) is 0 Å². The number of carboxylic acid groups (broad SMARTS) is 1. The molecule has 2 aromatic rings. The van der Waals surface area contributed by atoms with Gasteiger partial charge in [-0.2, -0.15) is 4.31 Å². The van der Waals surface area contributed by atoms with Crippen molar-refractivity contribution < 1.29 is 18.3 Å². The summed E-state index contributed by atoms with van der Waals surface area (Å²) in [5.74, 6) is -1.00. The fraction of sp³-hybridized carbons (Fsp3) is 0.278. The number of carboxylic acids is 1. The number of halogens is 2. The maximum atomic E-state index is 12.9. The van der Waals surface area contributed by atoms with Crippen LogP contribution in [-0.2, 0) is 21.2 Å². The van der Waals surface area contributed by atoms with Crippen molar-refractivity contribution in [2.45, 2.75) is 11.3 Å². The Balaban J connectivity index is 1.73. The average Bonchev–Trinajstić information content (AvgIpc) is 2.64. The molecule has 1 fully saturated rings. The summed E-state index contributed by atoms with van der Waals surface area (Å²) in [6, 6.07) is 11.4. The Bertz CT molecular complexity index is 958. The topological polar surface area (TPSA) is 77.9 Å². The minimum atomic E-state index is -3.67. The summed E-state index contributed by atoms with van der Waals surface area (Å²) in [7, 11) is -3.67. The van der Waals surface area contributed by atoms with Crippen LogP contribution in [0.5, 0.6) is 0 Å². The fourth-order valence-electron chi connectivity index (χ4n) is 3.01. The molecule has 144 valence electrons. The van der Waals surface area contributed by atoms with E-state index in [1.54, 1.807) is 24.3 Å². The lowest BCUT2D eigenvalue weighted by atomic mass is 10.2. The molecule has 2 aromatic carbocycles. The molecule has 0 atom stereocenters. The molecule has 0 radical (unpaired) electrons. The van der Waals surface area contributed by atoms with Gasteiger partial charge in [0.15, 0.2) is 0 Å². The van der Waals surface area contributed by atoms with Crippen LogP contribution < -0.4 is 4.90 Å². The molecule has 3 rings (SSSR count). The molecule has 6 nitrogen and oxygen atoms in total. The number of rotatable bonds is 5. The van der Waals surface area contributed by atoms with E-state index in [2.05, 4.69) is 4.90 Å². The quantitative estimate of drug-likeness (QED) is 0.791. The number of hydrogen-bond donors (Lipinski definition) is 1. The SMILES string of the molecule is O=C(O)Cc1cccc(S(=O)(=O)N2CCN(c3ccc(Cl)c(Cl)c3)CC2)c1.